The summed E-state index contributed by atoms with van der Waals surface area (Å²) in [6, 6.07) is 25.4. The fraction of sp³-hybridized carbons (Fsp3) is 0.303. The molecule has 0 bridgehead atoms. The van der Waals surface area contributed by atoms with Gasteiger partial charge in [0.2, 0.25) is 5.91 Å². The number of carbonyl (C=O) groups excluding carboxylic acids is 3. The number of carbonyl (C=O) groups is 3. The summed E-state index contributed by atoms with van der Waals surface area (Å²) in [7, 11) is 0. The Labute approximate surface area is 223 Å². The number of nitrogens with one attached hydrogen (secondary N) is 2. The van der Waals surface area contributed by atoms with E-state index in [0.29, 0.717) is 6.42 Å². The number of aromatic nitrogens is 1. The third-order valence-electron chi connectivity index (χ3n) is 7.93. The van der Waals surface area contributed by atoms with Crippen LogP contribution in [0.2, 0.25) is 0 Å². The summed E-state index contributed by atoms with van der Waals surface area (Å²) in [5, 5.41) is 4.10. The van der Waals surface area contributed by atoms with Crippen molar-refractivity contribution in [1.82, 2.24) is 10.3 Å². The Morgan fingerprint density at radius 2 is 1.58 bits per heavy atom. The zero-order valence-corrected chi connectivity index (χ0v) is 22.6. The number of aryl methyl sites for hydroxylation is 1. The molecular formula is C33H34N2O3. The normalized spacial score (nSPS) is 20.3. The van der Waals surface area contributed by atoms with Gasteiger partial charge >= 0.3 is 0 Å². The SMILES string of the molecule is CC(=O)NC(C)(C)Cc1c(C(c2ccccc2)C2C(=O)C(C)(c3ccccc3)C2=O)[nH]c2cc(C)ccc12. The number of rotatable bonds is 7. The molecule has 1 heterocycles. The number of Topliss-reactive ketones (excluding diaryl/α,β-unsaturated/α-hetero) is 2. The van der Waals surface area contributed by atoms with Crippen molar-refractivity contribution in [3.05, 3.63) is 107 Å². The highest BCUT2D eigenvalue weighted by Gasteiger charge is 2.62. The maximum Gasteiger partial charge on any atom is 0.217 e. The summed E-state index contributed by atoms with van der Waals surface area (Å²) in [4.78, 5) is 43.6. The van der Waals surface area contributed by atoms with E-state index in [1.165, 1.54) is 6.92 Å². The molecule has 194 valence electrons. The van der Waals surface area contributed by atoms with E-state index in [2.05, 4.69) is 28.5 Å². The van der Waals surface area contributed by atoms with E-state index in [1.54, 1.807) is 6.92 Å². The van der Waals surface area contributed by atoms with E-state index in [-0.39, 0.29) is 17.5 Å². The molecule has 0 spiro atoms. The van der Waals surface area contributed by atoms with Crippen LogP contribution in [-0.4, -0.2) is 28.0 Å². The molecule has 1 atom stereocenters. The summed E-state index contributed by atoms with van der Waals surface area (Å²) >= 11 is 0. The minimum absolute atomic E-state index is 0.0653. The maximum atomic E-state index is 14.0. The van der Waals surface area contributed by atoms with Crippen molar-refractivity contribution >= 4 is 28.4 Å². The Kier molecular flexibility index (Phi) is 6.34. The van der Waals surface area contributed by atoms with Gasteiger partial charge in [-0.15, -0.1) is 0 Å². The van der Waals surface area contributed by atoms with Crippen molar-refractivity contribution in [3.8, 4) is 0 Å². The first-order chi connectivity index (χ1) is 18.0. The van der Waals surface area contributed by atoms with E-state index in [9.17, 15) is 14.4 Å². The second kappa shape index (κ2) is 9.39. The number of ketones is 2. The molecule has 1 fully saturated rings. The lowest BCUT2D eigenvalue weighted by Gasteiger charge is -2.45. The highest BCUT2D eigenvalue weighted by Crippen LogP contribution is 2.50. The third kappa shape index (κ3) is 4.26. The standard InChI is InChI=1S/C33H34N2O3/c1-20-16-17-24-25(19-32(3,4)35-21(2)36)29(34-26(24)18-20)27(22-12-8-6-9-13-22)28-30(37)33(5,31(28)38)23-14-10-7-11-15-23/h6-18,27-28,34H,19H2,1-5H3,(H,35,36). The van der Waals surface area contributed by atoms with Crippen LogP contribution in [0.3, 0.4) is 0 Å². The van der Waals surface area contributed by atoms with Crippen LogP contribution in [0.1, 0.15) is 61.6 Å². The number of hydrogen-bond acceptors (Lipinski definition) is 3. The molecule has 1 aromatic heterocycles. The van der Waals surface area contributed by atoms with Gasteiger partial charge in [0.25, 0.3) is 0 Å². The molecule has 1 unspecified atom stereocenters. The average Bonchev–Trinajstić information content (AvgIpc) is 3.22. The predicted octanol–water partition coefficient (Wildman–Crippen LogP) is 5.79. The largest absolute Gasteiger partial charge is 0.358 e. The van der Waals surface area contributed by atoms with E-state index in [0.717, 1.165) is 38.9 Å². The minimum atomic E-state index is -1.16. The Hall–Kier alpha value is -3.99. The van der Waals surface area contributed by atoms with Crippen molar-refractivity contribution in [1.29, 1.82) is 0 Å². The minimum Gasteiger partial charge on any atom is -0.358 e. The number of aromatic amines is 1. The topological polar surface area (TPSA) is 79.0 Å². The number of H-pyrrole nitrogens is 1. The zero-order valence-electron chi connectivity index (χ0n) is 22.6. The van der Waals surface area contributed by atoms with Gasteiger partial charge in [-0.05, 0) is 62.4 Å². The Bertz CT molecular complexity index is 1520. The first-order valence-corrected chi connectivity index (χ1v) is 13.1. The second-order valence-corrected chi connectivity index (χ2v) is 11.4. The molecule has 2 N–H and O–H groups in total. The van der Waals surface area contributed by atoms with Gasteiger partial charge in [-0.1, -0.05) is 72.8 Å². The lowest BCUT2D eigenvalue weighted by molar-refractivity contribution is -0.153. The van der Waals surface area contributed by atoms with Gasteiger partial charge in [-0.25, -0.2) is 0 Å². The second-order valence-electron chi connectivity index (χ2n) is 11.4. The molecule has 1 aliphatic rings. The van der Waals surface area contributed by atoms with Gasteiger partial charge < -0.3 is 10.3 Å². The fourth-order valence-electron chi connectivity index (χ4n) is 6.14. The Morgan fingerprint density at radius 3 is 2.18 bits per heavy atom. The first-order valence-electron chi connectivity index (χ1n) is 13.1. The summed E-state index contributed by atoms with van der Waals surface area (Å²) < 4.78 is 0. The van der Waals surface area contributed by atoms with Crippen LogP contribution in [0.5, 0.6) is 0 Å². The molecule has 0 saturated heterocycles. The van der Waals surface area contributed by atoms with Crippen molar-refractivity contribution in [2.24, 2.45) is 5.92 Å². The fourth-order valence-corrected chi connectivity index (χ4v) is 6.14. The molecule has 0 radical (unpaired) electrons. The molecule has 5 nitrogen and oxygen atoms in total. The Balaban J connectivity index is 1.68. The first kappa shape index (κ1) is 25.7. The summed E-state index contributed by atoms with van der Waals surface area (Å²) in [5.41, 5.74) is 3.90. The van der Waals surface area contributed by atoms with E-state index < -0.39 is 22.8 Å². The molecule has 38 heavy (non-hydrogen) atoms. The number of fused-ring (bicyclic) bond motifs is 1. The predicted molar refractivity (Wildman–Crippen MR) is 150 cm³/mol. The molecule has 4 aromatic rings. The van der Waals surface area contributed by atoms with Gasteiger partial charge in [0.15, 0.2) is 11.6 Å². The third-order valence-corrected chi connectivity index (χ3v) is 7.93. The van der Waals surface area contributed by atoms with E-state index >= 15 is 0 Å². The monoisotopic (exact) mass is 506 g/mol. The van der Waals surface area contributed by atoms with Gasteiger partial charge in [0, 0.05) is 35.0 Å². The molecule has 1 amide bonds. The highest BCUT2D eigenvalue weighted by molar-refractivity contribution is 6.32. The highest BCUT2D eigenvalue weighted by atomic mass is 16.2. The van der Waals surface area contributed by atoms with Gasteiger partial charge in [0.05, 0.1) is 5.92 Å². The summed E-state index contributed by atoms with van der Waals surface area (Å²) in [5.74, 6) is -1.51. The number of amides is 1. The number of hydrogen-bond donors (Lipinski definition) is 2. The summed E-state index contributed by atoms with van der Waals surface area (Å²) in [6.45, 7) is 9.30. The van der Waals surface area contributed by atoms with Crippen LogP contribution in [0.4, 0.5) is 0 Å². The lowest BCUT2D eigenvalue weighted by Crippen LogP contribution is -2.62. The van der Waals surface area contributed by atoms with E-state index in [1.807, 2.05) is 81.4 Å². The van der Waals surface area contributed by atoms with Crippen molar-refractivity contribution in [3.63, 3.8) is 0 Å². The molecular weight excluding hydrogens is 472 g/mol. The number of benzene rings is 3. The van der Waals surface area contributed by atoms with Crippen LogP contribution < -0.4 is 5.32 Å². The Morgan fingerprint density at radius 1 is 0.974 bits per heavy atom. The van der Waals surface area contributed by atoms with Crippen molar-refractivity contribution in [2.75, 3.05) is 0 Å². The van der Waals surface area contributed by atoms with Crippen LogP contribution in [0, 0.1) is 12.8 Å². The van der Waals surface area contributed by atoms with Gasteiger partial charge in [-0.3, -0.25) is 14.4 Å². The lowest BCUT2D eigenvalue weighted by atomic mass is 9.53. The molecule has 1 saturated carbocycles. The van der Waals surface area contributed by atoms with Crippen molar-refractivity contribution < 1.29 is 14.4 Å². The van der Waals surface area contributed by atoms with Crippen LogP contribution in [-0.2, 0) is 26.2 Å². The molecule has 3 aromatic carbocycles. The smallest absolute Gasteiger partial charge is 0.217 e. The quantitative estimate of drug-likeness (QED) is 0.311. The average molecular weight is 507 g/mol. The van der Waals surface area contributed by atoms with Crippen LogP contribution >= 0.6 is 0 Å². The molecule has 5 rings (SSSR count). The van der Waals surface area contributed by atoms with Crippen molar-refractivity contribution in [2.45, 2.75) is 57.9 Å². The molecule has 5 heteroatoms. The van der Waals surface area contributed by atoms with Gasteiger partial charge in [0.1, 0.15) is 5.41 Å². The van der Waals surface area contributed by atoms with E-state index in [4.69, 9.17) is 0 Å². The zero-order chi connectivity index (χ0) is 27.2. The van der Waals surface area contributed by atoms with Gasteiger partial charge in [-0.2, -0.15) is 0 Å². The molecule has 0 aliphatic heterocycles. The van der Waals surface area contributed by atoms with Crippen LogP contribution in [0.15, 0.2) is 78.9 Å². The maximum absolute atomic E-state index is 14.0. The van der Waals surface area contributed by atoms with Crippen LogP contribution in [0.25, 0.3) is 10.9 Å². The summed E-state index contributed by atoms with van der Waals surface area (Å²) in [6.07, 6.45) is 0.541. The molecule has 1 aliphatic carbocycles.